The van der Waals surface area contributed by atoms with Crippen molar-refractivity contribution in [1.82, 2.24) is 0 Å². The highest BCUT2D eigenvalue weighted by molar-refractivity contribution is 5.71. The third kappa shape index (κ3) is 8.41. The molecule has 6 nitrogen and oxygen atoms in total. The molecule has 24 heavy (non-hydrogen) atoms. The Hall–Kier alpha value is -2.24. The zero-order valence-corrected chi connectivity index (χ0v) is 14.6. The SMILES string of the molecule is CCCC(=O)OCCOc1ccc(OCCOC(=O)C(C)C)cc1. The molecule has 0 saturated heterocycles. The monoisotopic (exact) mass is 338 g/mol. The van der Waals surface area contributed by atoms with Crippen LogP contribution in [-0.2, 0) is 19.1 Å². The fourth-order valence-electron chi connectivity index (χ4n) is 1.69. The average Bonchev–Trinajstić information content (AvgIpc) is 2.56. The number of carbonyl (C=O) groups excluding carboxylic acids is 2. The van der Waals surface area contributed by atoms with E-state index in [-0.39, 0.29) is 31.1 Å². The lowest BCUT2D eigenvalue weighted by Gasteiger charge is -2.10. The molecule has 0 unspecified atom stereocenters. The first-order valence-corrected chi connectivity index (χ1v) is 8.20. The third-order valence-corrected chi connectivity index (χ3v) is 2.96. The van der Waals surface area contributed by atoms with E-state index < -0.39 is 0 Å². The fraction of sp³-hybridized carbons (Fsp3) is 0.556. The van der Waals surface area contributed by atoms with Crippen LogP contribution in [0.15, 0.2) is 24.3 Å². The van der Waals surface area contributed by atoms with Gasteiger partial charge in [-0.25, -0.2) is 0 Å². The van der Waals surface area contributed by atoms with Crippen molar-refractivity contribution in [2.75, 3.05) is 26.4 Å². The number of hydrogen-bond acceptors (Lipinski definition) is 6. The molecule has 0 radical (unpaired) electrons. The molecule has 0 aliphatic rings. The van der Waals surface area contributed by atoms with Crippen LogP contribution >= 0.6 is 0 Å². The molecular formula is C18H26O6. The summed E-state index contributed by atoms with van der Waals surface area (Å²) in [6.07, 6.45) is 1.20. The highest BCUT2D eigenvalue weighted by Crippen LogP contribution is 2.17. The summed E-state index contributed by atoms with van der Waals surface area (Å²) in [4.78, 5) is 22.5. The molecule has 1 aromatic carbocycles. The molecule has 0 spiro atoms. The van der Waals surface area contributed by atoms with E-state index in [0.29, 0.717) is 31.1 Å². The van der Waals surface area contributed by atoms with Crippen LogP contribution < -0.4 is 9.47 Å². The first-order valence-electron chi connectivity index (χ1n) is 8.20. The number of hydrogen-bond donors (Lipinski definition) is 0. The third-order valence-electron chi connectivity index (χ3n) is 2.96. The van der Waals surface area contributed by atoms with Crippen LogP contribution in [0.2, 0.25) is 0 Å². The van der Waals surface area contributed by atoms with E-state index in [1.807, 2.05) is 6.92 Å². The standard InChI is InChI=1S/C18H26O6/c1-4-5-17(19)23-12-10-21-15-6-8-16(9-7-15)22-11-13-24-18(20)14(2)3/h6-9,14H,4-5,10-13H2,1-3H3. The van der Waals surface area contributed by atoms with Gasteiger partial charge < -0.3 is 18.9 Å². The molecule has 0 fully saturated rings. The van der Waals surface area contributed by atoms with Crippen LogP contribution in [0.1, 0.15) is 33.6 Å². The Balaban J connectivity index is 2.18. The lowest BCUT2D eigenvalue weighted by Crippen LogP contribution is -2.16. The molecule has 1 aromatic rings. The van der Waals surface area contributed by atoms with E-state index in [1.165, 1.54) is 0 Å². The van der Waals surface area contributed by atoms with Gasteiger partial charge >= 0.3 is 11.9 Å². The molecule has 0 amide bonds. The number of rotatable bonds is 11. The minimum atomic E-state index is -0.234. The van der Waals surface area contributed by atoms with Gasteiger partial charge in [0.1, 0.15) is 37.9 Å². The minimum Gasteiger partial charge on any atom is -0.490 e. The zero-order chi connectivity index (χ0) is 17.8. The number of carbonyl (C=O) groups is 2. The molecule has 134 valence electrons. The Bertz CT molecular complexity index is 495. The Morgan fingerprint density at radius 1 is 0.875 bits per heavy atom. The summed E-state index contributed by atoms with van der Waals surface area (Å²) < 4.78 is 21.0. The number of benzene rings is 1. The van der Waals surface area contributed by atoms with Crippen molar-refractivity contribution in [2.24, 2.45) is 5.92 Å². The average molecular weight is 338 g/mol. The molecule has 0 atom stereocenters. The Morgan fingerprint density at radius 2 is 1.38 bits per heavy atom. The summed E-state index contributed by atoms with van der Waals surface area (Å²) in [6.45, 7) is 6.55. The highest BCUT2D eigenvalue weighted by atomic mass is 16.6. The van der Waals surface area contributed by atoms with Crippen LogP contribution in [0.5, 0.6) is 11.5 Å². The lowest BCUT2D eigenvalue weighted by molar-refractivity contribution is -0.148. The van der Waals surface area contributed by atoms with Crippen LogP contribution in [0.4, 0.5) is 0 Å². The van der Waals surface area contributed by atoms with Crippen molar-refractivity contribution in [3.8, 4) is 11.5 Å². The minimum absolute atomic E-state index is 0.136. The molecular weight excluding hydrogens is 312 g/mol. The van der Waals surface area contributed by atoms with Gasteiger partial charge in [-0.2, -0.15) is 0 Å². The van der Waals surface area contributed by atoms with Gasteiger partial charge in [0, 0.05) is 6.42 Å². The van der Waals surface area contributed by atoms with Gasteiger partial charge in [-0.15, -0.1) is 0 Å². The molecule has 6 heteroatoms. The van der Waals surface area contributed by atoms with Crippen LogP contribution in [0.25, 0.3) is 0 Å². The predicted octanol–water partition coefficient (Wildman–Crippen LogP) is 2.99. The molecule has 0 heterocycles. The molecule has 0 saturated carbocycles. The quantitative estimate of drug-likeness (QED) is 0.456. The van der Waals surface area contributed by atoms with Crippen LogP contribution in [0, 0.1) is 5.92 Å². The van der Waals surface area contributed by atoms with Crippen molar-refractivity contribution < 1.29 is 28.5 Å². The molecule has 0 aromatic heterocycles. The molecule has 0 N–H and O–H groups in total. The second-order valence-electron chi connectivity index (χ2n) is 5.46. The zero-order valence-electron chi connectivity index (χ0n) is 14.6. The van der Waals surface area contributed by atoms with Gasteiger partial charge in [0.2, 0.25) is 0 Å². The van der Waals surface area contributed by atoms with E-state index in [2.05, 4.69) is 0 Å². The van der Waals surface area contributed by atoms with E-state index in [9.17, 15) is 9.59 Å². The van der Waals surface area contributed by atoms with Gasteiger partial charge in [0.15, 0.2) is 0 Å². The largest absolute Gasteiger partial charge is 0.490 e. The summed E-state index contributed by atoms with van der Waals surface area (Å²) in [6, 6.07) is 7.07. The van der Waals surface area contributed by atoms with Crippen molar-refractivity contribution in [1.29, 1.82) is 0 Å². The van der Waals surface area contributed by atoms with Crippen molar-refractivity contribution in [3.63, 3.8) is 0 Å². The highest BCUT2D eigenvalue weighted by Gasteiger charge is 2.07. The summed E-state index contributed by atoms with van der Waals surface area (Å²) in [5.74, 6) is 0.755. The summed E-state index contributed by atoms with van der Waals surface area (Å²) in [7, 11) is 0. The Morgan fingerprint density at radius 3 is 1.83 bits per heavy atom. The molecule has 0 aliphatic carbocycles. The Kier molecular flexibility index (Phi) is 9.34. The predicted molar refractivity (Wildman–Crippen MR) is 89.1 cm³/mol. The van der Waals surface area contributed by atoms with Gasteiger partial charge in [-0.3, -0.25) is 9.59 Å². The Labute approximate surface area is 143 Å². The second-order valence-corrected chi connectivity index (χ2v) is 5.46. The van der Waals surface area contributed by atoms with Crippen molar-refractivity contribution >= 4 is 11.9 Å². The molecule has 1 rings (SSSR count). The van der Waals surface area contributed by atoms with Gasteiger partial charge in [-0.1, -0.05) is 20.8 Å². The van der Waals surface area contributed by atoms with Crippen molar-refractivity contribution in [2.45, 2.75) is 33.6 Å². The first-order chi connectivity index (χ1) is 11.5. The van der Waals surface area contributed by atoms with Gasteiger partial charge in [0.05, 0.1) is 5.92 Å². The molecule has 0 aliphatic heterocycles. The van der Waals surface area contributed by atoms with Gasteiger partial charge in [-0.05, 0) is 30.7 Å². The van der Waals surface area contributed by atoms with Crippen LogP contribution in [0.3, 0.4) is 0 Å². The van der Waals surface area contributed by atoms with E-state index >= 15 is 0 Å². The second kappa shape index (κ2) is 11.3. The van der Waals surface area contributed by atoms with E-state index in [4.69, 9.17) is 18.9 Å². The maximum absolute atomic E-state index is 11.3. The van der Waals surface area contributed by atoms with Crippen molar-refractivity contribution in [3.05, 3.63) is 24.3 Å². The van der Waals surface area contributed by atoms with Gasteiger partial charge in [0.25, 0.3) is 0 Å². The van der Waals surface area contributed by atoms with E-state index in [1.54, 1.807) is 38.1 Å². The summed E-state index contributed by atoms with van der Waals surface area (Å²) in [5.41, 5.74) is 0. The first kappa shape index (κ1) is 19.8. The maximum Gasteiger partial charge on any atom is 0.308 e. The van der Waals surface area contributed by atoms with E-state index in [0.717, 1.165) is 6.42 Å². The topological polar surface area (TPSA) is 71.1 Å². The summed E-state index contributed by atoms with van der Waals surface area (Å²) in [5, 5.41) is 0. The smallest absolute Gasteiger partial charge is 0.308 e. The lowest BCUT2D eigenvalue weighted by atomic mass is 10.2. The molecule has 0 bridgehead atoms. The number of ether oxygens (including phenoxy) is 4. The normalized spacial score (nSPS) is 10.3. The number of esters is 2. The fourth-order valence-corrected chi connectivity index (χ4v) is 1.69. The maximum atomic E-state index is 11.3. The summed E-state index contributed by atoms with van der Waals surface area (Å²) >= 11 is 0. The van der Waals surface area contributed by atoms with Crippen LogP contribution in [-0.4, -0.2) is 38.4 Å².